The lowest BCUT2D eigenvalue weighted by molar-refractivity contribution is -0.189. The summed E-state index contributed by atoms with van der Waals surface area (Å²) in [6.07, 6.45) is 1.31. The van der Waals surface area contributed by atoms with Crippen molar-refractivity contribution in [3.8, 4) is 0 Å². The third-order valence-corrected chi connectivity index (χ3v) is 4.32. The van der Waals surface area contributed by atoms with Crippen molar-refractivity contribution in [2.75, 3.05) is 46.6 Å². The number of piperidine rings is 1. The molecule has 7 nitrogen and oxygen atoms in total. The van der Waals surface area contributed by atoms with E-state index in [4.69, 9.17) is 14.2 Å². The Morgan fingerprint density at radius 2 is 1.82 bits per heavy atom. The summed E-state index contributed by atoms with van der Waals surface area (Å²) in [5.74, 6) is -0.944. The molecule has 2 aliphatic rings. The second kappa shape index (κ2) is 6.93. The van der Waals surface area contributed by atoms with Crippen LogP contribution in [0.4, 0.5) is 0 Å². The van der Waals surface area contributed by atoms with Crippen molar-refractivity contribution in [2.45, 2.75) is 32.5 Å². The second-order valence-electron chi connectivity index (χ2n) is 6.27. The Morgan fingerprint density at radius 3 is 2.36 bits per heavy atom. The van der Waals surface area contributed by atoms with Gasteiger partial charge in [-0.25, -0.2) is 0 Å². The maximum atomic E-state index is 12.6. The number of methoxy groups -OCH3 is 1. The van der Waals surface area contributed by atoms with Crippen LogP contribution in [0.3, 0.4) is 0 Å². The summed E-state index contributed by atoms with van der Waals surface area (Å²) in [4.78, 5) is 26.6. The summed E-state index contributed by atoms with van der Waals surface area (Å²) >= 11 is 0. The molecule has 0 radical (unpaired) electrons. The second-order valence-corrected chi connectivity index (χ2v) is 6.27. The Kier molecular flexibility index (Phi) is 5.41. The van der Waals surface area contributed by atoms with Gasteiger partial charge in [-0.05, 0) is 13.8 Å². The molecular weight excluding hydrogens is 288 g/mol. The highest BCUT2D eigenvalue weighted by Gasteiger charge is 2.45. The zero-order valence-corrected chi connectivity index (χ0v) is 13.6. The number of carbonyl (C=O) groups excluding carboxylic acids is 2. The van der Waals surface area contributed by atoms with Gasteiger partial charge in [0.25, 0.3) is 0 Å². The van der Waals surface area contributed by atoms with Crippen molar-refractivity contribution in [2.24, 2.45) is 5.41 Å². The molecule has 2 saturated heterocycles. The van der Waals surface area contributed by atoms with E-state index >= 15 is 0 Å². The Labute approximate surface area is 131 Å². The number of hydrogen-bond acceptors (Lipinski definition) is 5. The summed E-state index contributed by atoms with van der Waals surface area (Å²) in [7, 11) is 1.57. The molecule has 0 saturated carbocycles. The van der Waals surface area contributed by atoms with Crippen LogP contribution < -0.4 is 5.32 Å². The number of hydrogen-bond donors (Lipinski definition) is 1. The number of rotatable bonds is 5. The molecule has 0 aromatic heterocycles. The van der Waals surface area contributed by atoms with Gasteiger partial charge in [-0.15, -0.1) is 0 Å². The number of likely N-dealkylation sites (tertiary alicyclic amines) is 1. The molecular formula is C15H26N2O5. The minimum Gasteiger partial charge on any atom is -0.383 e. The van der Waals surface area contributed by atoms with E-state index in [2.05, 4.69) is 5.32 Å². The number of amides is 2. The SMILES string of the molecule is COCCNC(=O)C(C)(C)C(=O)N1CCC2(CC1)OCCO2. The molecule has 7 heteroatoms. The number of ether oxygens (including phenoxy) is 3. The molecule has 1 spiro atoms. The first-order valence-corrected chi connectivity index (χ1v) is 7.76. The van der Waals surface area contributed by atoms with Crippen molar-refractivity contribution < 1.29 is 23.8 Å². The third kappa shape index (κ3) is 3.59. The molecule has 1 N–H and O–H groups in total. The molecule has 2 rings (SSSR count). The average molecular weight is 314 g/mol. The van der Waals surface area contributed by atoms with Crippen molar-refractivity contribution >= 4 is 11.8 Å². The highest BCUT2D eigenvalue weighted by atomic mass is 16.7. The van der Waals surface area contributed by atoms with Crippen LogP contribution in [0.1, 0.15) is 26.7 Å². The predicted molar refractivity (Wildman–Crippen MR) is 79.1 cm³/mol. The first-order valence-electron chi connectivity index (χ1n) is 7.76. The quantitative estimate of drug-likeness (QED) is 0.577. The topological polar surface area (TPSA) is 77.1 Å². The van der Waals surface area contributed by atoms with Crippen LogP contribution >= 0.6 is 0 Å². The van der Waals surface area contributed by atoms with E-state index in [1.165, 1.54) is 0 Å². The third-order valence-electron chi connectivity index (χ3n) is 4.32. The van der Waals surface area contributed by atoms with E-state index in [1.807, 2.05) is 0 Å². The van der Waals surface area contributed by atoms with Crippen LogP contribution in [0.25, 0.3) is 0 Å². The van der Waals surface area contributed by atoms with Gasteiger partial charge in [0.15, 0.2) is 5.79 Å². The van der Waals surface area contributed by atoms with E-state index in [0.29, 0.717) is 52.3 Å². The minimum absolute atomic E-state index is 0.157. The lowest BCUT2D eigenvalue weighted by Crippen LogP contribution is -2.54. The first kappa shape index (κ1) is 17.2. The molecule has 126 valence electrons. The minimum atomic E-state index is -1.09. The van der Waals surface area contributed by atoms with E-state index in [0.717, 1.165) is 0 Å². The van der Waals surface area contributed by atoms with E-state index in [9.17, 15) is 9.59 Å². The highest BCUT2D eigenvalue weighted by molar-refractivity contribution is 6.04. The molecule has 0 unspecified atom stereocenters. The van der Waals surface area contributed by atoms with Crippen LogP contribution in [0.5, 0.6) is 0 Å². The summed E-state index contributed by atoms with van der Waals surface area (Å²) in [6.45, 7) is 6.46. The zero-order valence-electron chi connectivity index (χ0n) is 13.6. The van der Waals surface area contributed by atoms with Gasteiger partial charge in [0.2, 0.25) is 11.8 Å². The van der Waals surface area contributed by atoms with Gasteiger partial charge < -0.3 is 24.4 Å². The summed E-state index contributed by atoms with van der Waals surface area (Å²) < 4.78 is 16.2. The fourth-order valence-corrected chi connectivity index (χ4v) is 2.82. The lowest BCUT2D eigenvalue weighted by Gasteiger charge is -2.40. The summed E-state index contributed by atoms with van der Waals surface area (Å²) in [5.41, 5.74) is -1.09. The Hall–Kier alpha value is -1.18. The fourth-order valence-electron chi connectivity index (χ4n) is 2.82. The lowest BCUT2D eigenvalue weighted by atomic mass is 9.89. The number of nitrogens with zero attached hydrogens (tertiary/aromatic N) is 1. The van der Waals surface area contributed by atoms with Crippen LogP contribution in [-0.4, -0.2) is 69.1 Å². The number of carbonyl (C=O) groups is 2. The standard InChI is InChI=1S/C15H26N2O5/c1-14(2,12(18)16-6-9-20-3)13(19)17-7-4-15(5-8-17)21-10-11-22-15/h4-11H2,1-3H3,(H,16,18). The maximum absolute atomic E-state index is 12.6. The largest absolute Gasteiger partial charge is 0.383 e. The van der Waals surface area contributed by atoms with Crippen molar-refractivity contribution in [3.05, 3.63) is 0 Å². The van der Waals surface area contributed by atoms with Gasteiger partial charge >= 0.3 is 0 Å². The normalized spacial score (nSPS) is 21.1. The van der Waals surface area contributed by atoms with Gasteiger partial charge in [0.1, 0.15) is 5.41 Å². The molecule has 2 fully saturated rings. The van der Waals surface area contributed by atoms with Crippen LogP contribution in [-0.2, 0) is 23.8 Å². The molecule has 0 atom stereocenters. The molecule has 0 aromatic carbocycles. The van der Waals surface area contributed by atoms with E-state index < -0.39 is 11.2 Å². The van der Waals surface area contributed by atoms with Gasteiger partial charge in [-0.3, -0.25) is 9.59 Å². The Balaban J connectivity index is 1.88. The van der Waals surface area contributed by atoms with Gasteiger partial charge in [-0.1, -0.05) is 0 Å². The van der Waals surface area contributed by atoms with Crippen LogP contribution in [0.2, 0.25) is 0 Å². The van der Waals surface area contributed by atoms with Crippen molar-refractivity contribution in [1.82, 2.24) is 10.2 Å². The first-order chi connectivity index (χ1) is 10.4. The number of nitrogens with one attached hydrogen (secondary N) is 1. The smallest absolute Gasteiger partial charge is 0.237 e. The Morgan fingerprint density at radius 1 is 1.23 bits per heavy atom. The Bertz CT molecular complexity index is 408. The van der Waals surface area contributed by atoms with Crippen molar-refractivity contribution in [3.63, 3.8) is 0 Å². The predicted octanol–water partition coefficient (Wildman–Crippen LogP) is 0.141. The maximum Gasteiger partial charge on any atom is 0.237 e. The van der Waals surface area contributed by atoms with Crippen molar-refractivity contribution in [1.29, 1.82) is 0 Å². The molecule has 2 amide bonds. The van der Waals surface area contributed by atoms with E-state index in [-0.39, 0.29) is 11.8 Å². The molecule has 0 bridgehead atoms. The van der Waals surface area contributed by atoms with E-state index in [1.54, 1.807) is 25.9 Å². The van der Waals surface area contributed by atoms with Crippen LogP contribution in [0.15, 0.2) is 0 Å². The summed E-state index contributed by atoms with van der Waals surface area (Å²) in [6, 6.07) is 0. The highest BCUT2D eigenvalue weighted by Crippen LogP contribution is 2.32. The van der Waals surface area contributed by atoms with Gasteiger partial charge in [0, 0.05) is 39.6 Å². The summed E-state index contributed by atoms with van der Waals surface area (Å²) in [5, 5.41) is 2.73. The van der Waals surface area contributed by atoms with Crippen LogP contribution in [0, 0.1) is 5.41 Å². The molecule has 0 aromatic rings. The average Bonchev–Trinajstić information content (AvgIpc) is 2.95. The molecule has 2 aliphatic heterocycles. The van der Waals surface area contributed by atoms with Gasteiger partial charge in [-0.2, -0.15) is 0 Å². The molecule has 2 heterocycles. The zero-order chi connectivity index (χ0) is 16.2. The van der Waals surface area contributed by atoms with Gasteiger partial charge in [0.05, 0.1) is 19.8 Å². The monoisotopic (exact) mass is 314 g/mol. The molecule has 0 aliphatic carbocycles. The molecule has 22 heavy (non-hydrogen) atoms. The fraction of sp³-hybridized carbons (Fsp3) is 0.867.